The number of para-hydroxylation sites is 1. The molecule has 27 heavy (non-hydrogen) atoms. The van der Waals surface area contributed by atoms with Gasteiger partial charge in [0.2, 0.25) is 5.91 Å². The van der Waals surface area contributed by atoms with E-state index < -0.39 is 12.6 Å². The van der Waals surface area contributed by atoms with E-state index in [-0.39, 0.29) is 42.5 Å². The summed E-state index contributed by atoms with van der Waals surface area (Å²) in [6, 6.07) is 10.7. The number of carbonyl (C=O) groups is 2. The standard InChI is InChI=1S/C19H19F2NO5/c1-2-26-15-8-4-7-14(17(15)27-19(20)21)11-22-16(23)10-12-5-3-6-13(9-12)18(24)25/h3-9,19H,2,10-11H2,1H3,(H,22,23)(H,24,25). The van der Waals surface area contributed by atoms with Gasteiger partial charge < -0.3 is 19.9 Å². The van der Waals surface area contributed by atoms with Gasteiger partial charge in [-0.2, -0.15) is 8.78 Å². The molecule has 2 N–H and O–H groups in total. The molecule has 2 aromatic rings. The van der Waals surface area contributed by atoms with Crippen molar-refractivity contribution in [2.45, 2.75) is 26.5 Å². The highest BCUT2D eigenvalue weighted by atomic mass is 19.3. The molecule has 0 fully saturated rings. The van der Waals surface area contributed by atoms with E-state index in [1.807, 2.05) is 0 Å². The molecule has 0 aliphatic carbocycles. The van der Waals surface area contributed by atoms with E-state index >= 15 is 0 Å². The van der Waals surface area contributed by atoms with Crippen molar-refractivity contribution in [3.63, 3.8) is 0 Å². The van der Waals surface area contributed by atoms with Crippen molar-refractivity contribution in [2.24, 2.45) is 0 Å². The summed E-state index contributed by atoms with van der Waals surface area (Å²) in [6.45, 7) is -1.08. The number of carboxylic acids is 1. The van der Waals surface area contributed by atoms with Gasteiger partial charge >= 0.3 is 12.6 Å². The molecule has 0 heterocycles. The molecular formula is C19H19F2NO5. The Morgan fingerprint density at radius 2 is 1.93 bits per heavy atom. The first-order valence-electron chi connectivity index (χ1n) is 8.19. The molecular weight excluding hydrogens is 360 g/mol. The molecule has 0 aliphatic rings. The second kappa shape index (κ2) is 9.51. The molecule has 0 aliphatic heterocycles. The first-order chi connectivity index (χ1) is 12.9. The van der Waals surface area contributed by atoms with Gasteiger partial charge in [-0.05, 0) is 30.7 Å². The van der Waals surface area contributed by atoms with E-state index in [0.29, 0.717) is 11.1 Å². The summed E-state index contributed by atoms with van der Waals surface area (Å²) in [7, 11) is 0. The molecule has 144 valence electrons. The molecule has 0 spiro atoms. The Morgan fingerprint density at radius 1 is 1.19 bits per heavy atom. The number of hydrogen-bond donors (Lipinski definition) is 2. The lowest BCUT2D eigenvalue weighted by Crippen LogP contribution is -2.25. The van der Waals surface area contributed by atoms with Crippen molar-refractivity contribution in [1.82, 2.24) is 5.32 Å². The van der Waals surface area contributed by atoms with Crippen LogP contribution < -0.4 is 14.8 Å². The Labute approximate surface area is 154 Å². The average Bonchev–Trinajstić information content (AvgIpc) is 2.62. The smallest absolute Gasteiger partial charge is 0.387 e. The molecule has 0 bridgehead atoms. The maximum Gasteiger partial charge on any atom is 0.387 e. The number of rotatable bonds is 9. The molecule has 0 saturated carbocycles. The van der Waals surface area contributed by atoms with Gasteiger partial charge in [-0.25, -0.2) is 4.79 Å². The van der Waals surface area contributed by atoms with Crippen molar-refractivity contribution in [3.05, 3.63) is 59.2 Å². The van der Waals surface area contributed by atoms with Gasteiger partial charge in [0.1, 0.15) is 0 Å². The molecule has 8 heteroatoms. The Hall–Kier alpha value is -3.16. The molecule has 2 rings (SSSR count). The number of hydrogen-bond acceptors (Lipinski definition) is 4. The monoisotopic (exact) mass is 379 g/mol. The summed E-state index contributed by atoms with van der Waals surface area (Å²) in [4.78, 5) is 23.1. The highest BCUT2D eigenvalue weighted by Gasteiger charge is 2.16. The van der Waals surface area contributed by atoms with E-state index in [9.17, 15) is 18.4 Å². The quantitative estimate of drug-likeness (QED) is 0.699. The second-order valence-corrected chi connectivity index (χ2v) is 5.51. The molecule has 0 unspecified atom stereocenters. The van der Waals surface area contributed by atoms with Crippen LogP contribution in [0.3, 0.4) is 0 Å². The van der Waals surface area contributed by atoms with Gasteiger partial charge in [0.25, 0.3) is 0 Å². The normalized spacial score (nSPS) is 10.5. The molecule has 2 aromatic carbocycles. The highest BCUT2D eigenvalue weighted by Crippen LogP contribution is 2.32. The van der Waals surface area contributed by atoms with Crippen LogP contribution in [0.15, 0.2) is 42.5 Å². The van der Waals surface area contributed by atoms with Gasteiger partial charge in [-0.3, -0.25) is 4.79 Å². The minimum atomic E-state index is -3.03. The van der Waals surface area contributed by atoms with Gasteiger partial charge in [-0.15, -0.1) is 0 Å². The Kier molecular flexibility index (Phi) is 7.10. The van der Waals surface area contributed by atoms with E-state index in [1.165, 1.54) is 18.2 Å². The first kappa shape index (κ1) is 20.2. The molecule has 0 radical (unpaired) electrons. The van der Waals surface area contributed by atoms with Crippen LogP contribution >= 0.6 is 0 Å². The maximum absolute atomic E-state index is 12.7. The number of benzene rings is 2. The van der Waals surface area contributed by atoms with Gasteiger partial charge in [0.15, 0.2) is 11.5 Å². The Morgan fingerprint density at radius 3 is 2.59 bits per heavy atom. The highest BCUT2D eigenvalue weighted by molar-refractivity contribution is 5.88. The van der Waals surface area contributed by atoms with Crippen LogP contribution in [0, 0.1) is 0 Å². The zero-order chi connectivity index (χ0) is 19.8. The predicted octanol–water partition coefficient (Wildman–Crippen LogP) is 3.24. The van der Waals surface area contributed by atoms with Crippen LogP contribution in [-0.4, -0.2) is 30.2 Å². The average molecular weight is 379 g/mol. The fourth-order valence-electron chi connectivity index (χ4n) is 2.45. The Balaban J connectivity index is 2.07. The van der Waals surface area contributed by atoms with Crippen LogP contribution in [-0.2, 0) is 17.8 Å². The maximum atomic E-state index is 12.7. The number of carboxylic acid groups (broad SMARTS) is 1. The van der Waals surface area contributed by atoms with E-state index in [1.54, 1.807) is 31.2 Å². The summed E-state index contributed by atoms with van der Waals surface area (Å²) >= 11 is 0. The lowest BCUT2D eigenvalue weighted by Gasteiger charge is -2.15. The van der Waals surface area contributed by atoms with Gasteiger partial charge in [-0.1, -0.05) is 24.3 Å². The fourth-order valence-corrected chi connectivity index (χ4v) is 2.45. The number of aromatic carboxylic acids is 1. The minimum Gasteiger partial charge on any atom is -0.490 e. The summed E-state index contributed by atoms with van der Waals surface area (Å²) in [5, 5.41) is 11.6. The molecule has 0 saturated heterocycles. The van der Waals surface area contributed by atoms with E-state index in [2.05, 4.69) is 10.1 Å². The fraction of sp³-hybridized carbons (Fsp3) is 0.263. The summed E-state index contributed by atoms with van der Waals surface area (Å²) in [5.74, 6) is -1.43. The number of alkyl halides is 2. The van der Waals surface area contributed by atoms with Crippen LogP contribution in [0.4, 0.5) is 8.78 Å². The molecule has 6 nitrogen and oxygen atoms in total. The van der Waals surface area contributed by atoms with E-state index in [0.717, 1.165) is 0 Å². The Bertz CT molecular complexity index is 810. The third kappa shape index (κ3) is 5.95. The minimum absolute atomic E-state index is 0.0412. The second-order valence-electron chi connectivity index (χ2n) is 5.51. The third-order valence-corrected chi connectivity index (χ3v) is 3.58. The third-order valence-electron chi connectivity index (χ3n) is 3.58. The van der Waals surface area contributed by atoms with Crippen LogP contribution in [0.25, 0.3) is 0 Å². The first-order valence-corrected chi connectivity index (χ1v) is 8.19. The molecule has 0 atom stereocenters. The molecule has 0 aromatic heterocycles. The van der Waals surface area contributed by atoms with Crippen LogP contribution in [0.1, 0.15) is 28.4 Å². The van der Waals surface area contributed by atoms with Crippen molar-refractivity contribution < 1.29 is 33.0 Å². The molecule has 1 amide bonds. The summed E-state index contributed by atoms with van der Waals surface area (Å²) in [6.07, 6.45) is -0.0443. The SMILES string of the molecule is CCOc1cccc(CNC(=O)Cc2cccc(C(=O)O)c2)c1OC(F)F. The number of carbonyl (C=O) groups excluding carboxylic acids is 1. The van der Waals surface area contributed by atoms with Gasteiger partial charge in [0, 0.05) is 12.1 Å². The zero-order valence-corrected chi connectivity index (χ0v) is 14.6. The van der Waals surface area contributed by atoms with Crippen molar-refractivity contribution in [3.8, 4) is 11.5 Å². The summed E-state index contributed by atoms with van der Waals surface area (Å²) < 4.78 is 35.2. The number of ether oxygens (including phenoxy) is 2. The van der Waals surface area contributed by atoms with Crippen molar-refractivity contribution in [2.75, 3.05) is 6.61 Å². The predicted molar refractivity (Wildman–Crippen MR) is 93.2 cm³/mol. The summed E-state index contributed by atoms with van der Waals surface area (Å²) in [5.41, 5.74) is 0.950. The van der Waals surface area contributed by atoms with Crippen molar-refractivity contribution in [1.29, 1.82) is 0 Å². The topological polar surface area (TPSA) is 84.9 Å². The van der Waals surface area contributed by atoms with Gasteiger partial charge in [0.05, 0.1) is 18.6 Å². The van der Waals surface area contributed by atoms with E-state index in [4.69, 9.17) is 9.84 Å². The number of amides is 1. The lowest BCUT2D eigenvalue weighted by atomic mass is 10.1. The van der Waals surface area contributed by atoms with Crippen LogP contribution in [0.2, 0.25) is 0 Å². The van der Waals surface area contributed by atoms with Crippen LogP contribution in [0.5, 0.6) is 11.5 Å². The zero-order valence-electron chi connectivity index (χ0n) is 14.6. The van der Waals surface area contributed by atoms with Crippen molar-refractivity contribution >= 4 is 11.9 Å². The number of nitrogens with one attached hydrogen (secondary N) is 1. The largest absolute Gasteiger partial charge is 0.490 e. The number of halogens is 2. The lowest BCUT2D eigenvalue weighted by molar-refractivity contribution is -0.120.